The second-order valence-electron chi connectivity index (χ2n) is 9.66. The minimum atomic E-state index is -1.06. The molecule has 0 saturated heterocycles. The van der Waals surface area contributed by atoms with Gasteiger partial charge in [-0.1, -0.05) is 38.1 Å². The van der Waals surface area contributed by atoms with Crippen molar-refractivity contribution in [3.63, 3.8) is 0 Å². The molecule has 0 radical (unpaired) electrons. The van der Waals surface area contributed by atoms with Crippen molar-refractivity contribution in [3.8, 4) is 22.3 Å². The Hall–Kier alpha value is -5.52. The smallest absolute Gasteiger partial charge is 0.278 e. The van der Waals surface area contributed by atoms with Crippen LogP contribution in [0.25, 0.3) is 22.3 Å². The lowest BCUT2D eigenvalue weighted by atomic mass is 9.76. The van der Waals surface area contributed by atoms with Gasteiger partial charge in [-0.3, -0.25) is 29.8 Å². The first kappa shape index (κ1) is 28.5. The molecule has 2 amide bonds. The van der Waals surface area contributed by atoms with Gasteiger partial charge in [-0.25, -0.2) is 8.78 Å². The van der Waals surface area contributed by atoms with Gasteiger partial charge in [-0.2, -0.15) is 0 Å². The molecule has 4 aromatic carbocycles. The Morgan fingerprint density at radius 3 is 1.37 bits per heavy atom. The molecule has 0 fully saturated rings. The standard InChI is InChI=1S/C29H22F2N4O6/c1-29(2,15-9-11-21(30)19(13-15)25-17(27(32)36)5-3-7-23(25)34(38)39)16-10-12-22(31)20(14-16)26-18(28(33)37)6-4-8-24(26)35(40)41/h3-14H,1-2H3,(H2,32,36)(H2,33,37). The van der Waals surface area contributed by atoms with Gasteiger partial charge < -0.3 is 11.5 Å². The Morgan fingerprint density at radius 1 is 0.683 bits per heavy atom. The van der Waals surface area contributed by atoms with Gasteiger partial charge in [0.15, 0.2) is 0 Å². The molecule has 0 aliphatic heterocycles. The second kappa shape index (κ2) is 10.6. The number of primary amides is 2. The molecule has 0 saturated carbocycles. The third kappa shape index (κ3) is 5.10. The van der Waals surface area contributed by atoms with E-state index in [1.54, 1.807) is 13.8 Å². The summed E-state index contributed by atoms with van der Waals surface area (Å²) in [5.41, 5.74) is 7.93. The van der Waals surface area contributed by atoms with Crippen LogP contribution in [-0.2, 0) is 5.41 Å². The number of benzene rings is 4. The van der Waals surface area contributed by atoms with Crippen LogP contribution in [0.5, 0.6) is 0 Å². The first-order chi connectivity index (χ1) is 19.2. The Balaban J connectivity index is 1.95. The van der Waals surface area contributed by atoms with Crippen LogP contribution >= 0.6 is 0 Å². The van der Waals surface area contributed by atoms with Crippen molar-refractivity contribution in [2.75, 3.05) is 0 Å². The third-order valence-electron chi connectivity index (χ3n) is 6.92. The lowest BCUT2D eigenvalue weighted by Crippen LogP contribution is -2.20. The summed E-state index contributed by atoms with van der Waals surface area (Å²) in [5.74, 6) is -3.70. The van der Waals surface area contributed by atoms with Crippen LogP contribution in [0.1, 0.15) is 45.7 Å². The number of rotatable bonds is 8. The predicted octanol–water partition coefficient (Wildman–Crippen LogP) is 5.64. The maximum atomic E-state index is 15.2. The van der Waals surface area contributed by atoms with Gasteiger partial charge in [0.05, 0.1) is 32.1 Å². The zero-order valence-electron chi connectivity index (χ0n) is 21.7. The molecule has 0 aromatic heterocycles. The maximum absolute atomic E-state index is 15.2. The molecule has 0 aliphatic carbocycles. The van der Waals surface area contributed by atoms with E-state index >= 15 is 8.78 Å². The predicted molar refractivity (Wildman–Crippen MR) is 146 cm³/mol. The van der Waals surface area contributed by atoms with Crippen molar-refractivity contribution in [1.29, 1.82) is 0 Å². The molecule has 12 heteroatoms. The van der Waals surface area contributed by atoms with Gasteiger partial charge in [0.1, 0.15) is 11.6 Å². The molecule has 0 unspecified atom stereocenters. The largest absolute Gasteiger partial charge is 0.366 e. The summed E-state index contributed by atoms with van der Waals surface area (Å²) >= 11 is 0. The van der Waals surface area contributed by atoms with E-state index in [9.17, 15) is 29.8 Å². The van der Waals surface area contributed by atoms with Gasteiger partial charge >= 0.3 is 0 Å². The summed E-state index contributed by atoms with van der Waals surface area (Å²) in [6.07, 6.45) is 0. The van der Waals surface area contributed by atoms with Crippen molar-refractivity contribution < 1.29 is 28.2 Å². The highest BCUT2D eigenvalue weighted by molar-refractivity contribution is 6.03. The Morgan fingerprint density at radius 2 is 1.05 bits per heavy atom. The van der Waals surface area contributed by atoms with E-state index < -0.39 is 50.1 Å². The monoisotopic (exact) mass is 560 g/mol. The van der Waals surface area contributed by atoms with Crippen molar-refractivity contribution in [2.24, 2.45) is 11.5 Å². The van der Waals surface area contributed by atoms with E-state index in [2.05, 4.69) is 0 Å². The summed E-state index contributed by atoms with van der Waals surface area (Å²) < 4.78 is 30.4. The number of carbonyl (C=O) groups is 2. The number of nitro groups is 2. The summed E-state index contributed by atoms with van der Waals surface area (Å²) in [6.45, 7) is 3.40. The zero-order chi connectivity index (χ0) is 30.2. The SMILES string of the molecule is CC(C)(c1ccc(F)c(-c2c(C(N)=O)cccc2[N+](=O)[O-])c1)c1ccc(F)c(-c2c(C(N)=O)cccc2[N+](=O)[O-])c1. The molecule has 41 heavy (non-hydrogen) atoms. The molecule has 0 atom stereocenters. The summed E-state index contributed by atoms with van der Waals surface area (Å²) in [4.78, 5) is 46.2. The minimum Gasteiger partial charge on any atom is -0.366 e. The quantitative estimate of drug-likeness (QED) is 0.208. The van der Waals surface area contributed by atoms with E-state index in [1.807, 2.05) is 0 Å². The molecule has 208 valence electrons. The number of hydrogen-bond acceptors (Lipinski definition) is 6. The fraction of sp³-hybridized carbons (Fsp3) is 0.103. The van der Waals surface area contributed by atoms with Crippen LogP contribution in [0, 0.1) is 31.9 Å². The zero-order valence-corrected chi connectivity index (χ0v) is 21.7. The summed E-state index contributed by atoms with van der Waals surface area (Å²) in [6, 6.07) is 14.9. The second-order valence-corrected chi connectivity index (χ2v) is 9.66. The van der Waals surface area contributed by atoms with E-state index in [0.29, 0.717) is 11.1 Å². The van der Waals surface area contributed by atoms with Crippen molar-refractivity contribution in [2.45, 2.75) is 19.3 Å². The number of amides is 2. The van der Waals surface area contributed by atoms with Gasteiger partial charge in [-0.15, -0.1) is 0 Å². The van der Waals surface area contributed by atoms with Crippen LogP contribution in [-0.4, -0.2) is 21.7 Å². The molecular weight excluding hydrogens is 538 g/mol. The van der Waals surface area contributed by atoms with Crippen molar-refractivity contribution in [1.82, 2.24) is 0 Å². The molecule has 0 spiro atoms. The molecule has 10 nitrogen and oxygen atoms in total. The van der Waals surface area contributed by atoms with Gasteiger partial charge in [0.25, 0.3) is 11.4 Å². The average Bonchev–Trinajstić information content (AvgIpc) is 2.92. The Labute approximate surface area is 231 Å². The number of nitrogens with two attached hydrogens (primary N) is 2. The third-order valence-corrected chi connectivity index (χ3v) is 6.92. The first-order valence-electron chi connectivity index (χ1n) is 12.0. The number of halogens is 2. The Bertz CT molecular complexity index is 1580. The lowest BCUT2D eigenvalue weighted by molar-refractivity contribution is -0.384. The van der Waals surface area contributed by atoms with Crippen LogP contribution in [0.2, 0.25) is 0 Å². The summed E-state index contributed by atoms with van der Waals surface area (Å²) in [5, 5.41) is 23.5. The molecule has 4 N–H and O–H groups in total. The van der Waals surface area contributed by atoms with E-state index in [4.69, 9.17) is 11.5 Å². The van der Waals surface area contributed by atoms with Crippen LogP contribution in [0.3, 0.4) is 0 Å². The van der Waals surface area contributed by atoms with Crippen LogP contribution < -0.4 is 11.5 Å². The number of nitro benzene ring substituents is 2. The first-order valence-corrected chi connectivity index (χ1v) is 12.0. The average molecular weight is 561 g/mol. The highest BCUT2D eigenvalue weighted by Gasteiger charge is 2.31. The van der Waals surface area contributed by atoms with Gasteiger partial charge in [0, 0.05) is 28.7 Å². The maximum Gasteiger partial charge on any atom is 0.278 e. The van der Waals surface area contributed by atoms with Gasteiger partial charge in [-0.05, 0) is 47.5 Å². The molecular formula is C29H22F2N4O6. The summed E-state index contributed by atoms with van der Waals surface area (Å²) in [7, 11) is 0. The topological polar surface area (TPSA) is 172 Å². The number of carbonyl (C=O) groups excluding carboxylic acids is 2. The van der Waals surface area contributed by atoms with E-state index in [1.165, 1.54) is 48.5 Å². The lowest BCUT2D eigenvalue weighted by Gasteiger charge is -2.28. The van der Waals surface area contributed by atoms with Gasteiger partial charge in [0.2, 0.25) is 11.8 Å². The molecule has 0 heterocycles. The highest BCUT2D eigenvalue weighted by Crippen LogP contribution is 2.42. The molecule has 4 rings (SSSR count). The number of nitrogens with zero attached hydrogens (tertiary/aromatic N) is 2. The minimum absolute atomic E-state index is 0.256. The van der Waals surface area contributed by atoms with Crippen molar-refractivity contribution in [3.05, 3.63) is 127 Å². The van der Waals surface area contributed by atoms with Crippen LogP contribution in [0.15, 0.2) is 72.8 Å². The van der Waals surface area contributed by atoms with Crippen molar-refractivity contribution >= 4 is 23.2 Å². The molecule has 4 aromatic rings. The fourth-order valence-corrected chi connectivity index (χ4v) is 4.74. The van der Waals surface area contributed by atoms with E-state index in [-0.39, 0.29) is 33.4 Å². The number of hydrogen-bond donors (Lipinski definition) is 2. The fourth-order valence-electron chi connectivity index (χ4n) is 4.74. The van der Waals surface area contributed by atoms with Crippen LogP contribution in [0.4, 0.5) is 20.2 Å². The highest BCUT2D eigenvalue weighted by atomic mass is 19.1. The van der Waals surface area contributed by atoms with E-state index in [0.717, 1.165) is 24.3 Å². The molecule has 0 bridgehead atoms. The Kier molecular flexibility index (Phi) is 7.34. The normalized spacial score (nSPS) is 11.2. The molecule has 0 aliphatic rings.